The van der Waals surface area contributed by atoms with Crippen LogP contribution in [0.5, 0.6) is 11.5 Å². The van der Waals surface area contributed by atoms with Crippen LogP contribution in [0.4, 0.5) is 11.4 Å². The van der Waals surface area contributed by atoms with E-state index in [9.17, 15) is 9.59 Å². The molecule has 1 N–H and O–H groups in total. The van der Waals surface area contributed by atoms with Gasteiger partial charge < -0.3 is 14.8 Å². The number of carbonyl (C=O) groups is 2. The van der Waals surface area contributed by atoms with E-state index in [-0.39, 0.29) is 18.4 Å². The van der Waals surface area contributed by atoms with E-state index in [0.717, 1.165) is 0 Å². The van der Waals surface area contributed by atoms with E-state index in [1.165, 1.54) is 4.90 Å². The highest BCUT2D eigenvalue weighted by Gasteiger charge is 2.32. The molecule has 6 heteroatoms. The van der Waals surface area contributed by atoms with E-state index >= 15 is 0 Å². The zero-order valence-electron chi connectivity index (χ0n) is 14.2. The third-order valence-corrected chi connectivity index (χ3v) is 3.84. The molecule has 3 rings (SSSR count). The van der Waals surface area contributed by atoms with Crippen molar-refractivity contribution in [1.29, 1.82) is 0 Å². The van der Waals surface area contributed by atoms with Gasteiger partial charge in [-0.1, -0.05) is 24.3 Å². The molecule has 6 nitrogen and oxygen atoms in total. The minimum absolute atomic E-state index is 0.0932. The Morgan fingerprint density at radius 3 is 2.72 bits per heavy atom. The third kappa shape index (κ3) is 3.57. The van der Waals surface area contributed by atoms with Gasteiger partial charge in [-0.2, -0.15) is 0 Å². The fourth-order valence-corrected chi connectivity index (χ4v) is 2.71. The number of rotatable bonds is 5. The van der Waals surface area contributed by atoms with E-state index in [4.69, 9.17) is 9.47 Å². The predicted molar refractivity (Wildman–Crippen MR) is 95.1 cm³/mol. The van der Waals surface area contributed by atoms with Crippen molar-refractivity contribution >= 4 is 23.2 Å². The summed E-state index contributed by atoms with van der Waals surface area (Å²) >= 11 is 0. The lowest BCUT2D eigenvalue weighted by molar-refractivity contribution is -0.127. The second-order valence-corrected chi connectivity index (χ2v) is 5.63. The number of hydrogen-bond donors (Lipinski definition) is 1. The molecule has 130 valence electrons. The molecule has 0 fully saturated rings. The molecule has 2 aromatic carbocycles. The summed E-state index contributed by atoms with van der Waals surface area (Å²) in [6.07, 6.45) is -0.626. The van der Waals surface area contributed by atoms with E-state index in [2.05, 4.69) is 5.32 Å². The first kappa shape index (κ1) is 16.8. The van der Waals surface area contributed by atoms with E-state index in [1.807, 2.05) is 25.1 Å². The van der Waals surface area contributed by atoms with Gasteiger partial charge >= 0.3 is 0 Å². The van der Waals surface area contributed by atoms with Gasteiger partial charge in [-0.05, 0) is 38.1 Å². The van der Waals surface area contributed by atoms with Crippen LogP contribution in [-0.2, 0) is 9.59 Å². The van der Waals surface area contributed by atoms with Gasteiger partial charge in [0, 0.05) is 0 Å². The molecule has 1 heterocycles. The fourth-order valence-electron chi connectivity index (χ4n) is 2.71. The predicted octanol–water partition coefficient (Wildman–Crippen LogP) is 2.84. The number of carbonyl (C=O) groups excluding carboxylic acids is 2. The first-order valence-electron chi connectivity index (χ1n) is 8.19. The molecule has 0 saturated heterocycles. The molecule has 0 aromatic heterocycles. The van der Waals surface area contributed by atoms with Gasteiger partial charge in [0.25, 0.3) is 5.91 Å². The minimum atomic E-state index is -0.626. The van der Waals surface area contributed by atoms with Crippen LogP contribution in [0.3, 0.4) is 0 Å². The van der Waals surface area contributed by atoms with Gasteiger partial charge in [0.15, 0.2) is 6.10 Å². The number of nitrogens with one attached hydrogen (secondary N) is 1. The van der Waals surface area contributed by atoms with Crippen LogP contribution in [0.25, 0.3) is 0 Å². The Balaban J connectivity index is 1.78. The molecular weight excluding hydrogens is 320 g/mol. The molecule has 0 saturated carbocycles. The molecule has 25 heavy (non-hydrogen) atoms. The summed E-state index contributed by atoms with van der Waals surface area (Å²) < 4.78 is 11.1. The summed E-state index contributed by atoms with van der Waals surface area (Å²) in [6.45, 7) is 3.96. The van der Waals surface area contributed by atoms with Crippen LogP contribution in [0.15, 0.2) is 48.5 Å². The number of amides is 2. The van der Waals surface area contributed by atoms with Gasteiger partial charge in [0.05, 0.1) is 18.0 Å². The lowest BCUT2D eigenvalue weighted by Gasteiger charge is -2.32. The molecule has 0 spiro atoms. The molecular formula is C19H20N2O4. The topological polar surface area (TPSA) is 67.9 Å². The number of nitrogens with zero attached hydrogens (tertiary/aromatic N) is 1. The highest BCUT2D eigenvalue weighted by Crippen LogP contribution is 2.33. The normalized spacial score (nSPS) is 16.0. The maximum absolute atomic E-state index is 12.5. The first-order valence-corrected chi connectivity index (χ1v) is 8.19. The average Bonchev–Trinajstić information content (AvgIpc) is 2.61. The number of hydrogen-bond acceptors (Lipinski definition) is 4. The van der Waals surface area contributed by atoms with Crippen LogP contribution in [0, 0.1) is 0 Å². The average molecular weight is 340 g/mol. The van der Waals surface area contributed by atoms with Crippen LogP contribution in [0.2, 0.25) is 0 Å². The number of ether oxygens (including phenoxy) is 2. The third-order valence-electron chi connectivity index (χ3n) is 3.84. The molecule has 1 unspecified atom stereocenters. The van der Waals surface area contributed by atoms with E-state index in [0.29, 0.717) is 29.5 Å². The summed E-state index contributed by atoms with van der Waals surface area (Å²) in [6, 6.07) is 14.4. The monoisotopic (exact) mass is 340 g/mol. The number of anilines is 2. The lowest BCUT2D eigenvalue weighted by Crippen LogP contribution is -2.47. The van der Waals surface area contributed by atoms with Crippen LogP contribution in [-0.4, -0.2) is 31.1 Å². The van der Waals surface area contributed by atoms with E-state index in [1.54, 1.807) is 37.3 Å². The van der Waals surface area contributed by atoms with Crippen LogP contribution < -0.4 is 19.7 Å². The highest BCUT2D eigenvalue weighted by molar-refractivity contribution is 6.06. The summed E-state index contributed by atoms with van der Waals surface area (Å²) in [5.74, 6) is 0.647. The molecule has 1 aliphatic rings. The number of fused-ring (bicyclic) bond motifs is 1. The quantitative estimate of drug-likeness (QED) is 0.909. The van der Waals surface area contributed by atoms with Crippen molar-refractivity contribution < 1.29 is 19.1 Å². The summed E-state index contributed by atoms with van der Waals surface area (Å²) in [4.78, 5) is 26.4. The Hall–Kier alpha value is -3.02. The second kappa shape index (κ2) is 7.25. The van der Waals surface area contributed by atoms with Gasteiger partial charge in [0.2, 0.25) is 5.91 Å². The van der Waals surface area contributed by atoms with Crippen molar-refractivity contribution in [3.63, 3.8) is 0 Å². The minimum Gasteiger partial charge on any atom is -0.492 e. The number of para-hydroxylation sites is 4. The summed E-state index contributed by atoms with van der Waals surface area (Å²) in [5.41, 5.74) is 1.18. The molecule has 0 aliphatic carbocycles. The Morgan fingerprint density at radius 2 is 1.92 bits per heavy atom. The van der Waals surface area contributed by atoms with Gasteiger partial charge in [-0.25, -0.2) is 0 Å². The zero-order valence-corrected chi connectivity index (χ0v) is 14.2. The standard InChI is InChI=1S/C19H20N2O4/c1-3-24-16-10-6-4-8-14(16)20-18(22)12-21-15-9-5-7-11-17(15)25-13(2)19(21)23/h4-11,13H,3,12H2,1-2H3,(H,20,22). The van der Waals surface area contributed by atoms with Crippen molar-refractivity contribution in [3.8, 4) is 11.5 Å². The Bertz CT molecular complexity index is 790. The molecule has 1 atom stereocenters. The van der Waals surface area contributed by atoms with Crippen LogP contribution in [0.1, 0.15) is 13.8 Å². The summed E-state index contributed by atoms with van der Waals surface area (Å²) in [7, 11) is 0. The Labute approximate surface area is 146 Å². The van der Waals surface area contributed by atoms with Gasteiger partial charge in [-0.3, -0.25) is 14.5 Å². The number of benzene rings is 2. The van der Waals surface area contributed by atoms with Crippen molar-refractivity contribution in [2.24, 2.45) is 0 Å². The van der Waals surface area contributed by atoms with Crippen molar-refractivity contribution in [3.05, 3.63) is 48.5 Å². The SMILES string of the molecule is CCOc1ccccc1NC(=O)CN1C(=O)C(C)Oc2ccccc21. The Morgan fingerprint density at radius 1 is 1.20 bits per heavy atom. The Kier molecular flexibility index (Phi) is 4.88. The largest absolute Gasteiger partial charge is 0.492 e. The summed E-state index contributed by atoms with van der Waals surface area (Å²) in [5, 5.41) is 2.81. The zero-order chi connectivity index (χ0) is 17.8. The molecule has 1 aliphatic heterocycles. The van der Waals surface area contributed by atoms with Gasteiger partial charge in [0.1, 0.15) is 18.0 Å². The maximum Gasteiger partial charge on any atom is 0.268 e. The van der Waals surface area contributed by atoms with Crippen molar-refractivity contribution in [1.82, 2.24) is 0 Å². The maximum atomic E-state index is 12.5. The first-order chi connectivity index (χ1) is 12.1. The van der Waals surface area contributed by atoms with Crippen molar-refractivity contribution in [2.75, 3.05) is 23.4 Å². The molecule has 0 bridgehead atoms. The van der Waals surface area contributed by atoms with Crippen LogP contribution >= 0.6 is 0 Å². The molecule has 2 aromatic rings. The smallest absolute Gasteiger partial charge is 0.268 e. The van der Waals surface area contributed by atoms with Crippen molar-refractivity contribution in [2.45, 2.75) is 20.0 Å². The molecule has 0 radical (unpaired) electrons. The second-order valence-electron chi connectivity index (χ2n) is 5.63. The highest BCUT2D eigenvalue weighted by atomic mass is 16.5. The molecule has 2 amide bonds. The van der Waals surface area contributed by atoms with E-state index < -0.39 is 6.10 Å². The van der Waals surface area contributed by atoms with Gasteiger partial charge in [-0.15, -0.1) is 0 Å². The fraction of sp³-hybridized carbons (Fsp3) is 0.263. The lowest BCUT2D eigenvalue weighted by atomic mass is 10.2.